The first-order valence-corrected chi connectivity index (χ1v) is 12.0. The molecule has 34 heavy (non-hydrogen) atoms. The van der Waals surface area contributed by atoms with Crippen molar-refractivity contribution in [3.8, 4) is 11.1 Å². The van der Waals surface area contributed by atoms with Gasteiger partial charge in [0.05, 0.1) is 6.42 Å². The van der Waals surface area contributed by atoms with Gasteiger partial charge >= 0.3 is 12.1 Å². The van der Waals surface area contributed by atoms with Gasteiger partial charge in [0.1, 0.15) is 12.6 Å². The monoisotopic (exact) mass is 464 g/mol. The van der Waals surface area contributed by atoms with Crippen LogP contribution >= 0.6 is 0 Å². The van der Waals surface area contributed by atoms with Crippen molar-refractivity contribution < 1.29 is 24.2 Å². The quantitative estimate of drug-likeness (QED) is 0.604. The smallest absolute Gasteiger partial charge is 0.407 e. The lowest BCUT2D eigenvalue weighted by Crippen LogP contribution is -2.53. The van der Waals surface area contributed by atoms with E-state index in [0.29, 0.717) is 19.4 Å². The highest BCUT2D eigenvalue weighted by atomic mass is 16.5. The molecule has 0 aromatic heterocycles. The molecule has 0 bridgehead atoms. The lowest BCUT2D eigenvalue weighted by molar-refractivity contribution is -0.141. The van der Waals surface area contributed by atoms with E-state index < -0.39 is 18.1 Å². The Bertz CT molecular complexity index is 1020. The van der Waals surface area contributed by atoms with Crippen LogP contribution in [0.5, 0.6) is 0 Å². The number of carbonyl (C=O) groups excluding carboxylic acids is 2. The Labute approximate surface area is 200 Å². The largest absolute Gasteiger partial charge is 0.481 e. The summed E-state index contributed by atoms with van der Waals surface area (Å²) >= 11 is 0. The van der Waals surface area contributed by atoms with Crippen LogP contribution in [0.2, 0.25) is 0 Å². The molecule has 1 aliphatic heterocycles. The van der Waals surface area contributed by atoms with Crippen molar-refractivity contribution >= 4 is 18.0 Å². The van der Waals surface area contributed by atoms with Crippen molar-refractivity contribution in [2.45, 2.75) is 57.5 Å². The zero-order chi connectivity index (χ0) is 24.2. The standard InChI is InChI=1S/C27H32N2O5/c1-3-17(2)25(26(32)29-14-8-9-18(29)15-24(30)31)28-27(33)34-16-23-21-12-6-4-10-19(21)20-11-5-7-13-22(20)23/h4-7,10-13,17-18,23,25H,3,8-9,14-16H2,1-2H3,(H,28,33)(H,30,31)/t17?,18-,25?/m1/s1. The molecule has 4 rings (SSSR count). The number of benzene rings is 2. The summed E-state index contributed by atoms with van der Waals surface area (Å²) in [5.41, 5.74) is 4.55. The summed E-state index contributed by atoms with van der Waals surface area (Å²) in [6.45, 7) is 4.56. The summed E-state index contributed by atoms with van der Waals surface area (Å²) in [6, 6.07) is 15.2. The lowest BCUT2D eigenvalue weighted by atomic mass is 9.97. The number of nitrogens with zero attached hydrogens (tertiary/aromatic N) is 1. The van der Waals surface area contributed by atoms with E-state index in [1.807, 2.05) is 38.1 Å². The Morgan fingerprint density at radius 2 is 1.71 bits per heavy atom. The molecule has 7 nitrogen and oxygen atoms in total. The van der Waals surface area contributed by atoms with Crippen LogP contribution in [0.4, 0.5) is 4.79 Å². The summed E-state index contributed by atoms with van der Waals surface area (Å²) in [5.74, 6) is -1.32. The van der Waals surface area contributed by atoms with E-state index in [-0.39, 0.29) is 36.8 Å². The number of aliphatic carboxylic acids is 1. The van der Waals surface area contributed by atoms with Gasteiger partial charge < -0.3 is 20.1 Å². The second-order valence-corrected chi connectivity index (χ2v) is 9.26. The molecule has 2 aromatic rings. The maximum absolute atomic E-state index is 13.3. The fraction of sp³-hybridized carbons (Fsp3) is 0.444. The third-order valence-corrected chi connectivity index (χ3v) is 7.17. The van der Waals surface area contributed by atoms with Crippen molar-refractivity contribution in [2.24, 2.45) is 5.92 Å². The van der Waals surface area contributed by atoms with Crippen molar-refractivity contribution in [2.75, 3.05) is 13.2 Å². The molecule has 1 saturated heterocycles. The van der Waals surface area contributed by atoms with Gasteiger partial charge in [-0.25, -0.2) is 4.79 Å². The normalized spacial score (nSPS) is 18.6. The summed E-state index contributed by atoms with van der Waals surface area (Å²) in [4.78, 5) is 39.0. The molecule has 7 heteroatoms. The highest BCUT2D eigenvalue weighted by Gasteiger charge is 2.37. The molecule has 0 spiro atoms. The highest BCUT2D eigenvalue weighted by molar-refractivity contribution is 5.87. The van der Waals surface area contributed by atoms with Crippen LogP contribution in [0.3, 0.4) is 0 Å². The number of nitrogens with one attached hydrogen (secondary N) is 1. The molecule has 3 atom stereocenters. The van der Waals surface area contributed by atoms with Gasteiger partial charge in [0, 0.05) is 18.5 Å². The average molecular weight is 465 g/mol. The van der Waals surface area contributed by atoms with E-state index >= 15 is 0 Å². The van der Waals surface area contributed by atoms with Crippen LogP contribution in [0.1, 0.15) is 56.6 Å². The van der Waals surface area contributed by atoms with Crippen LogP contribution in [-0.4, -0.2) is 53.2 Å². The number of likely N-dealkylation sites (tertiary alicyclic amines) is 1. The third kappa shape index (κ3) is 4.79. The molecule has 1 heterocycles. The minimum absolute atomic E-state index is 0.0607. The van der Waals surface area contributed by atoms with E-state index in [0.717, 1.165) is 28.7 Å². The molecule has 2 aromatic carbocycles. The number of carboxylic acid groups (broad SMARTS) is 1. The Morgan fingerprint density at radius 3 is 2.29 bits per heavy atom. The highest BCUT2D eigenvalue weighted by Crippen LogP contribution is 2.44. The van der Waals surface area contributed by atoms with Crippen molar-refractivity contribution in [3.05, 3.63) is 59.7 Å². The zero-order valence-electron chi connectivity index (χ0n) is 19.7. The third-order valence-electron chi connectivity index (χ3n) is 7.17. The fourth-order valence-corrected chi connectivity index (χ4v) is 5.17. The van der Waals surface area contributed by atoms with E-state index in [9.17, 15) is 19.5 Å². The molecule has 2 unspecified atom stereocenters. The second kappa shape index (κ2) is 10.3. The molecule has 0 radical (unpaired) electrons. The van der Waals surface area contributed by atoms with Crippen LogP contribution in [0.25, 0.3) is 11.1 Å². The number of alkyl carbamates (subject to hydrolysis) is 1. The van der Waals surface area contributed by atoms with Gasteiger partial charge in [-0.1, -0.05) is 68.8 Å². The predicted molar refractivity (Wildman–Crippen MR) is 128 cm³/mol. The molecular weight excluding hydrogens is 432 g/mol. The molecule has 180 valence electrons. The van der Waals surface area contributed by atoms with Gasteiger partial charge in [-0.05, 0) is 41.0 Å². The van der Waals surface area contributed by atoms with Gasteiger partial charge in [-0.2, -0.15) is 0 Å². The maximum atomic E-state index is 13.3. The molecule has 0 saturated carbocycles. The van der Waals surface area contributed by atoms with Gasteiger partial charge in [0.2, 0.25) is 5.91 Å². The summed E-state index contributed by atoms with van der Waals surface area (Å²) in [7, 11) is 0. The SMILES string of the molecule is CCC(C)C(NC(=O)OCC1c2ccccc2-c2ccccc21)C(=O)N1CCC[C@@H]1CC(=O)O. The first-order chi connectivity index (χ1) is 16.4. The minimum Gasteiger partial charge on any atom is -0.481 e. The van der Waals surface area contributed by atoms with Gasteiger partial charge in [-0.15, -0.1) is 0 Å². The molecule has 1 fully saturated rings. The number of amides is 2. The zero-order valence-corrected chi connectivity index (χ0v) is 19.7. The summed E-state index contributed by atoms with van der Waals surface area (Å²) in [5, 5.41) is 12.0. The number of carboxylic acids is 1. The number of rotatable bonds is 8. The number of hydrogen-bond donors (Lipinski definition) is 2. The lowest BCUT2D eigenvalue weighted by Gasteiger charge is -2.31. The number of ether oxygens (including phenoxy) is 1. The van der Waals surface area contributed by atoms with E-state index in [2.05, 4.69) is 29.6 Å². The van der Waals surface area contributed by atoms with E-state index in [4.69, 9.17) is 4.74 Å². The van der Waals surface area contributed by atoms with Crippen molar-refractivity contribution in [3.63, 3.8) is 0 Å². The Balaban J connectivity index is 1.44. The molecular formula is C27H32N2O5. The maximum Gasteiger partial charge on any atom is 0.407 e. The number of hydrogen-bond acceptors (Lipinski definition) is 4. The Kier molecular flexibility index (Phi) is 7.20. The first-order valence-electron chi connectivity index (χ1n) is 12.0. The predicted octanol–water partition coefficient (Wildman–Crippen LogP) is 4.41. The van der Waals surface area contributed by atoms with Crippen molar-refractivity contribution in [1.29, 1.82) is 0 Å². The number of carbonyl (C=O) groups is 3. The Morgan fingerprint density at radius 1 is 1.09 bits per heavy atom. The fourth-order valence-electron chi connectivity index (χ4n) is 5.17. The summed E-state index contributed by atoms with van der Waals surface area (Å²) < 4.78 is 5.65. The van der Waals surface area contributed by atoms with Crippen LogP contribution < -0.4 is 5.32 Å². The number of fused-ring (bicyclic) bond motifs is 3. The Hall–Kier alpha value is -3.35. The topological polar surface area (TPSA) is 95.9 Å². The van der Waals surface area contributed by atoms with Crippen LogP contribution in [0.15, 0.2) is 48.5 Å². The molecule has 2 aliphatic rings. The van der Waals surface area contributed by atoms with Crippen LogP contribution in [0, 0.1) is 5.92 Å². The first kappa shape index (κ1) is 23.8. The molecule has 2 N–H and O–H groups in total. The molecule has 1 aliphatic carbocycles. The van der Waals surface area contributed by atoms with Gasteiger partial charge in [0.15, 0.2) is 0 Å². The van der Waals surface area contributed by atoms with Gasteiger partial charge in [-0.3, -0.25) is 9.59 Å². The van der Waals surface area contributed by atoms with Gasteiger partial charge in [0.25, 0.3) is 0 Å². The average Bonchev–Trinajstić information content (AvgIpc) is 3.42. The van der Waals surface area contributed by atoms with E-state index in [1.54, 1.807) is 4.90 Å². The summed E-state index contributed by atoms with van der Waals surface area (Å²) in [6.07, 6.45) is 1.41. The van der Waals surface area contributed by atoms with E-state index in [1.165, 1.54) is 0 Å². The second-order valence-electron chi connectivity index (χ2n) is 9.26. The minimum atomic E-state index is -0.922. The molecule has 2 amide bonds. The van der Waals surface area contributed by atoms with Crippen molar-refractivity contribution in [1.82, 2.24) is 10.2 Å². The van der Waals surface area contributed by atoms with Crippen LogP contribution in [-0.2, 0) is 14.3 Å².